The standard InChI is InChI=1S/C10H21N5/c1-10(2,3)11-5-6-15(4)8-9-7-12-14-13-9/h7,11H,5-6,8H2,1-4H3,(H,12,13,14). The molecule has 0 amide bonds. The Bertz CT molecular complexity index is 262. The van der Waals surface area contributed by atoms with Gasteiger partial charge in [0.25, 0.3) is 0 Å². The minimum atomic E-state index is 0.189. The molecule has 0 atom stereocenters. The summed E-state index contributed by atoms with van der Waals surface area (Å²) in [6.07, 6.45) is 1.76. The van der Waals surface area contributed by atoms with E-state index in [1.807, 2.05) is 0 Å². The lowest BCUT2D eigenvalue weighted by molar-refractivity contribution is 0.300. The zero-order chi connectivity index (χ0) is 11.3. The Balaban J connectivity index is 2.17. The van der Waals surface area contributed by atoms with Crippen molar-refractivity contribution in [2.24, 2.45) is 0 Å². The van der Waals surface area contributed by atoms with Crippen LogP contribution in [0.1, 0.15) is 26.5 Å². The van der Waals surface area contributed by atoms with Crippen molar-refractivity contribution in [2.45, 2.75) is 32.9 Å². The Hall–Kier alpha value is -0.940. The van der Waals surface area contributed by atoms with Crippen LogP contribution in [0.5, 0.6) is 0 Å². The van der Waals surface area contributed by atoms with E-state index in [9.17, 15) is 0 Å². The number of aromatic amines is 1. The van der Waals surface area contributed by atoms with Gasteiger partial charge in [0.2, 0.25) is 0 Å². The molecule has 15 heavy (non-hydrogen) atoms. The van der Waals surface area contributed by atoms with Crippen LogP contribution in [-0.2, 0) is 6.54 Å². The lowest BCUT2D eigenvalue weighted by Crippen LogP contribution is -2.40. The zero-order valence-corrected chi connectivity index (χ0v) is 10.0. The summed E-state index contributed by atoms with van der Waals surface area (Å²) in [6, 6.07) is 0. The molecule has 0 bridgehead atoms. The molecule has 1 rings (SSSR count). The topological polar surface area (TPSA) is 56.8 Å². The number of hydrogen-bond donors (Lipinski definition) is 2. The highest BCUT2D eigenvalue weighted by Gasteiger charge is 2.08. The van der Waals surface area contributed by atoms with Crippen LogP contribution in [0.4, 0.5) is 0 Å². The molecule has 0 saturated heterocycles. The van der Waals surface area contributed by atoms with E-state index < -0.39 is 0 Å². The molecule has 0 spiro atoms. The van der Waals surface area contributed by atoms with Crippen molar-refractivity contribution in [1.82, 2.24) is 25.6 Å². The number of aromatic nitrogens is 3. The fraction of sp³-hybridized carbons (Fsp3) is 0.800. The van der Waals surface area contributed by atoms with Crippen molar-refractivity contribution < 1.29 is 0 Å². The van der Waals surface area contributed by atoms with E-state index >= 15 is 0 Å². The second kappa shape index (κ2) is 5.23. The second-order valence-electron chi connectivity index (χ2n) is 4.88. The number of nitrogens with zero attached hydrogens (tertiary/aromatic N) is 3. The van der Waals surface area contributed by atoms with E-state index in [0.717, 1.165) is 25.3 Å². The first-order valence-electron chi connectivity index (χ1n) is 5.25. The van der Waals surface area contributed by atoms with E-state index in [2.05, 4.69) is 53.4 Å². The molecule has 0 saturated carbocycles. The molecule has 0 unspecified atom stereocenters. The van der Waals surface area contributed by atoms with Crippen LogP contribution in [0.15, 0.2) is 6.20 Å². The van der Waals surface area contributed by atoms with Gasteiger partial charge < -0.3 is 5.32 Å². The van der Waals surface area contributed by atoms with Crippen LogP contribution in [0.25, 0.3) is 0 Å². The molecule has 0 fully saturated rings. The summed E-state index contributed by atoms with van der Waals surface area (Å²) < 4.78 is 0. The predicted molar refractivity (Wildman–Crippen MR) is 60.5 cm³/mol. The lowest BCUT2D eigenvalue weighted by atomic mass is 10.1. The molecule has 0 aliphatic rings. The summed E-state index contributed by atoms with van der Waals surface area (Å²) in [5, 5.41) is 13.9. The summed E-state index contributed by atoms with van der Waals surface area (Å²) >= 11 is 0. The Morgan fingerprint density at radius 2 is 2.20 bits per heavy atom. The summed E-state index contributed by atoms with van der Waals surface area (Å²) in [7, 11) is 2.08. The van der Waals surface area contributed by atoms with Crippen LogP contribution in [0.2, 0.25) is 0 Å². The molecular weight excluding hydrogens is 190 g/mol. The molecular formula is C10H21N5. The van der Waals surface area contributed by atoms with Gasteiger partial charge in [-0.3, -0.25) is 4.90 Å². The number of likely N-dealkylation sites (N-methyl/N-ethyl adjacent to an activating group) is 1. The molecule has 5 nitrogen and oxygen atoms in total. The number of H-pyrrole nitrogens is 1. The van der Waals surface area contributed by atoms with Gasteiger partial charge in [-0.05, 0) is 27.8 Å². The van der Waals surface area contributed by atoms with Gasteiger partial charge in [-0.15, -0.1) is 0 Å². The van der Waals surface area contributed by atoms with Gasteiger partial charge in [-0.2, -0.15) is 15.4 Å². The Labute approximate surface area is 91.2 Å². The Morgan fingerprint density at radius 3 is 2.73 bits per heavy atom. The van der Waals surface area contributed by atoms with Gasteiger partial charge in [0.1, 0.15) is 0 Å². The molecule has 0 aliphatic carbocycles. The largest absolute Gasteiger partial charge is 0.311 e. The van der Waals surface area contributed by atoms with Crippen molar-refractivity contribution in [3.63, 3.8) is 0 Å². The second-order valence-corrected chi connectivity index (χ2v) is 4.88. The maximum atomic E-state index is 4.01. The van der Waals surface area contributed by atoms with Crippen molar-refractivity contribution in [3.05, 3.63) is 11.9 Å². The summed E-state index contributed by atoms with van der Waals surface area (Å²) in [4.78, 5) is 2.22. The minimum Gasteiger partial charge on any atom is -0.311 e. The van der Waals surface area contributed by atoms with Gasteiger partial charge in [0.05, 0.1) is 11.9 Å². The third-order valence-corrected chi connectivity index (χ3v) is 2.05. The molecule has 1 heterocycles. The van der Waals surface area contributed by atoms with Crippen molar-refractivity contribution in [2.75, 3.05) is 20.1 Å². The van der Waals surface area contributed by atoms with E-state index in [4.69, 9.17) is 0 Å². The van der Waals surface area contributed by atoms with Crippen LogP contribution in [-0.4, -0.2) is 46.0 Å². The molecule has 0 aromatic carbocycles. The molecule has 86 valence electrons. The van der Waals surface area contributed by atoms with E-state index in [-0.39, 0.29) is 5.54 Å². The third-order valence-electron chi connectivity index (χ3n) is 2.05. The summed E-state index contributed by atoms with van der Waals surface area (Å²) in [5.74, 6) is 0. The van der Waals surface area contributed by atoms with Gasteiger partial charge in [0.15, 0.2) is 0 Å². The van der Waals surface area contributed by atoms with Crippen molar-refractivity contribution in [1.29, 1.82) is 0 Å². The first kappa shape index (κ1) is 12.1. The zero-order valence-electron chi connectivity index (χ0n) is 10.0. The van der Waals surface area contributed by atoms with E-state index in [1.165, 1.54) is 0 Å². The number of hydrogen-bond acceptors (Lipinski definition) is 4. The summed E-state index contributed by atoms with van der Waals surface area (Å²) in [5.41, 5.74) is 1.17. The minimum absolute atomic E-state index is 0.189. The normalized spacial score (nSPS) is 12.3. The smallest absolute Gasteiger partial charge is 0.0964 e. The highest BCUT2D eigenvalue weighted by atomic mass is 15.3. The van der Waals surface area contributed by atoms with Crippen LogP contribution < -0.4 is 5.32 Å². The Kier molecular flexibility index (Phi) is 4.23. The molecule has 2 N–H and O–H groups in total. The molecule has 0 aliphatic heterocycles. The molecule has 1 aromatic rings. The first-order chi connectivity index (χ1) is 6.97. The van der Waals surface area contributed by atoms with Gasteiger partial charge >= 0.3 is 0 Å². The number of nitrogens with one attached hydrogen (secondary N) is 2. The van der Waals surface area contributed by atoms with Gasteiger partial charge in [-0.1, -0.05) is 0 Å². The molecule has 1 aromatic heterocycles. The molecule has 5 heteroatoms. The van der Waals surface area contributed by atoms with E-state index in [1.54, 1.807) is 6.20 Å². The fourth-order valence-corrected chi connectivity index (χ4v) is 1.28. The highest BCUT2D eigenvalue weighted by Crippen LogP contribution is 1.98. The van der Waals surface area contributed by atoms with Crippen molar-refractivity contribution >= 4 is 0 Å². The number of rotatable bonds is 5. The predicted octanol–water partition coefficient (Wildman–Crippen LogP) is 0.625. The first-order valence-corrected chi connectivity index (χ1v) is 5.25. The van der Waals surface area contributed by atoms with Crippen molar-refractivity contribution in [3.8, 4) is 0 Å². The summed E-state index contributed by atoms with van der Waals surface area (Å²) in [6.45, 7) is 9.34. The maximum Gasteiger partial charge on any atom is 0.0964 e. The van der Waals surface area contributed by atoms with Gasteiger partial charge in [-0.25, -0.2) is 0 Å². The monoisotopic (exact) mass is 211 g/mol. The van der Waals surface area contributed by atoms with Gasteiger partial charge in [0, 0.05) is 25.2 Å². The Morgan fingerprint density at radius 1 is 1.47 bits per heavy atom. The highest BCUT2D eigenvalue weighted by molar-refractivity contribution is 4.89. The lowest BCUT2D eigenvalue weighted by Gasteiger charge is -2.23. The van der Waals surface area contributed by atoms with Crippen LogP contribution >= 0.6 is 0 Å². The third kappa shape index (κ3) is 5.49. The average Bonchev–Trinajstić information content (AvgIpc) is 2.54. The fourth-order valence-electron chi connectivity index (χ4n) is 1.28. The maximum absolute atomic E-state index is 4.01. The SMILES string of the molecule is CN(CCNC(C)(C)C)Cc1cn[nH]n1. The molecule has 0 radical (unpaired) electrons. The van der Waals surface area contributed by atoms with Crippen LogP contribution in [0, 0.1) is 0 Å². The van der Waals surface area contributed by atoms with E-state index in [0.29, 0.717) is 0 Å². The quantitative estimate of drug-likeness (QED) is 0.750. The average molecular weight is 211 g/mol. The van der Waals surface area contributed by atoms with Crippen LogP contribution in [0.3, 0.4) is 0 Å².